The number of hydrogen-bond donors (Lipinski definition) is 1. The number of alkyl halides is 2. The summed E-state index contributed by atoms with van der Waals surface area (Å²) in [4.78, 5) is 0. The maximum Gasteiger partial charge on any atom is 0.314 e. The topological polar surface area (TPSA) is 64.9 Å². The summed E-state index contributed by atoms with van der Waals surface area (Å²) in [7, 11) is 0. The van der Waals surface area contributed by atoms with Crippen molar-refractivity contribution in [1.82, 2.24) is 10.2 Å². The van der Waals surface area contributed by atoms with Gasteiger partial charge in [-0.2, -0.15) is 8.78 Å². The van der Waals surface area contributed by atoms with Gasteiger partial charge in [-0.3, -0.25) is 0 Å². The van der Waals surface area contributed by atoms with E-state index in [0.29, 0.717) is 5.89 Å². The maximum atomic E-state index is 12.4. The third-order valence-corrected chi connectivity index (χ3v) is 4.39. The number of aromatic nitrogens is 2. The van der Waals surface area contributed by atoms with Crippen molar-refractivity contribution in [2.75, 3.05) is 0 Å². The van der Waals surface area contributed by atoms with Crippen LogP contribution in [0.4, 0.5) is 8.78 Å². The first-order chi connectivity index (χ1) is 8.03. The fourth-order valence-corrected chi connectivity index (χ4v) is 3.07. The lowest BCUT2D eigenvalue weighted by atomic mass is 9.57. The van der Waals surface area contributed by atoms with Crippen molar-refractivity contribution < 1.29 is 13.2 Å². The van der Waals surface area contributed by atoms with Gasteiger partial charge < -0.3 is 10.2 Å². The van der Waals surface area contributed by atoms with E-state index in [4.69, 9.17) is 10.2 Å². The highest BCUT2D eigenvalue weighted by atomic mass is 19.3. The Bertz CT molecular complexity index is 408. The summed E-state index contributed by atoms with van der Waals surface area (Å²) in [6.45, 7) is 0. The van der Waals surface area contributed by atoms with E-state index >= 15 is 0 Å². The first-order valence-electron chi connectivity index (χ1n) is 5.94. The SMILES string of the molecule is NC12CCC(c3nnc(C(F)F)o3)(CC1)CC2. The molecular formula is C11H15F2N3O. The predicted octanol–water partition coefficient (Wildman–Crippen LogP) is 2.31. The van der Waals surface area contributed by atoms with Gasteiger partial charge in [0.05, 0.1) is 0 Å². The minimum atomic E-state index is -2.69. The van der Waals surface area contributed by atoms with Gasteiger partial charge in [-0.25, -0.2) is 0 Å². The molecule has 0 aliphatic heterocycles. The number of rotatable bonds is 2. The molecule has 3 saturated carbocycles. The molecule has 0 spiro atoms. The van der Waals surface area contributed by atoms with Crippen LogP contribution in [0.5, 0.6) is 0 Å². The van der Waals surface area contributed by atoms with E-state index < -0.39 is 12.3 Å². The molecule has 0 aromatic carbocycles. The Hall–Kier alpha value is -1.04. The Morgan fingerprint density at radius 1 is 1.06 bits per heavy atom. The molecule has 4 rings (SSSR count). The number of fused-ring (bicyclic) bond motifs is 3. The molecule has 2 bridgehead atoms. The molecule has 1 aromatic rings. The minimum absolute atomic E-state index is 0.0483. The molecule has 1 heterocycles. The molecule has 0 unspecified atom stereocenters. The average molecular weight is 243 g/mol. The molecule has 0 saturated heterocycles. The monoisotopic (exact) mass is 243 g/mol. The summed E-state index contributed by atoms with van der Waals surface area (Å²) >= 11 is 0. The normalized spacial score (nSPS) is 36.7. The van der Waals surface area contributed by atoms with Gasteiger partial charge in [-0.15, -0.1) is 10.2 Å². The van der Waals surface area contributed by atoms with Crippen LogP contribution >= 0.6 is 0 Å². The zero-order chi connectivity index (χ0) is 12.1. The Morgan fingerprint density at radius 3 is 2.12 bits per heavy atom. The molecular weight excluding hydrogens is 228 g/mol. The van der Waals surface area contributed by atoms with Crippen molar-refractivity contribution in [3.8, 4) is 0 Å². The highest BCUT2D eigenvalue weighted by Gasteiger charge is 2.50. The van der Waals surface area contributed by atoms with Gasteiger partial charge >= 0.3 is 6.43 Å². The Labute approximate surface area is 97.6 Å². The van der Waals surface area contributed by atoms with Gasteiger partial charge in [0.2, 0.25) is 5.89 Å². The van der Waals surface area contributed by atoms with Crippen LogP contribution in [-0.4, -0.2) is 15.7 Å². The van der Waals surface area contributed by atoms with Crippen LogP contribution in [0.1, 0.15) is 56.7 Å². The van der Waals surface area contributed by atoms with Crippen LogP contribution in [0.2, 0.25) is 0 Å². The zero-order valence-electron chi connectivity index (χ0n) is 9.46. The highest BCUT2D eigenvalue weighted by Crippen LogP contribution is 2.52. The van der Waals surface area contributed by atoms with E-state index in [2.05, 4.69) is 10.2 Å². The maximum absolute atomic E-state index is 12.4. The lowest BCUT2D eigenvalue weighted by molar-refractivity contribution is 0.0734. The molecule has 0 radical (unpaired) electrons. The van der Waals surface area contributed by atoms with E-state index in [9.17, 15) is 8.78 Å². The standard InChI is InChI=1S/C11H15F2N3O/c12-7(13)8-15-16-9(17-8)10-1-4-11(14,5-2-10)6-3-10/h7H,1-6,14H2. The molecule has 4 nitrogen and oxygen atoms in total. The van der Waals surface area contributed by atoms with Crippen LogP contribution in [0.15, 0.2) is 4.42 Å². The largest absolute Gasteiger partial charge is 0.419 e. The smallest absolute Gasteiger partial charge is 0.314 e. The van der Waals surface area contributed by atoms with Crippen LogP contribution in [0.25, 0.3) is 0 Å². The number of nitrogens with two attached hydrogens (primary N) is 1. The van der Waals surface area contributed by atoms with Gasteiger partial charge in [0.25, 0.3) is 5.89 Å². The second kappa shape index (κ2) is 3.48. The van der Waals surface area contributed by atoms with Crippen LogP contribution in [-0.2, 0) is 5.41 Å². The molecule has 17 heavy (non-hydrogen) atoms. The van der Waals surface area contributed by atoms with E-state index in [1.807, 2.05) is 0 Å². The van der Waals surface area contributed by atoms with Gasteiger partial charge in [0.15, 0.2) is 0 Å². The van der Waals surface area contributed by atoms with Crippen molar-refractivity contribution in [1.29, 1.82) is 0 Å². The fourth-order valence-electron chi connectivity index (χ4n) is 3.07. The Kier molecular flexibility index (Phi) is 2.26. The van der Waals surface area contributed by atoms with Crippen molar-refractivity contribution in [3.05, 3.63) is 11.8 Å². The third kappa shape index (κ3) is 1.66. The second-order valence-corrected chi connectivity index (χ2v) is 5.39. The molecule has 2 N–H and O–H groups in total. The van der Waals surface area contributed by atoms with Gasteiger partial charge in [-0.05, 0) is 38.5 Å². The Morgan fingerprint density at radius 2 is 1.65 bits per heavy atom. The predicted molar refractivity (Wildman–Crippen MR) is 55.6 cm³/mol. The Balaban J connectivity index is 1.88. The van der Waals surface area contributed by atoms with Crippen molar-refractivity contribution in [2.24, 2.45) is 5.73 Å². The quantitative estimate of drug-likeness (QED) is 0.865. The number of nitrogens with zero attached hydrogens (tertiary/aromatic N) is 2. The molecule has 0 amide bonds. The third-order valence-electron chi connectivity index (χ3n) is 4.39. The van der Waals surface area contributed by atoms with Crippen molar-refractivity contribution in [3.63, 3.8) is 0 Å². The highest BCUT2D eigenvalue weighted by molar-refractivity contribution is 5.14. The summed E-state index contributed by atoms with van der Waals surface area (Å²) in [5, 5.41) is 7.23. The van der Waals surface area contributed by atoms with Crippen LogP contribution in [0.3, 0.4) is 0 Å². The summed E-state index contributed by atoms with van der Waals surface area (Å²) in [5.74, 6) is -0.181. The first kappa shape index (κ1) is 11.1. The lowest BCUT2D eigenvalue weighted by Crippen LogP contribution is -2.53. The van der Waals surface area contributed by atoms with E-state index in [-0.39, 0.29) is 11.0 Å². The minimum Gasteiger partial charge on any atom is -0.419 e. The molecule has 3 aliphatic carbocycles. The fraction of sp³-hybridized carbons (Fsp3) is 0.818. The zero-order valence-corrected chi connectivity index (χ0v) is 9.46. The number of halogens is 2. The van der Waals surface area contributed by atoms with Gasteiger partial charge in [0, 0.05) is 11.0 Å². The summed E-state index contributed by atoms with van der Waals surface area (Å²) < 4.78 is 30.0. The van der Waals surface area contributed by atoms with Gasteiger partial charge in [0.1, 0.15) is 0 Å². The van der Waals surface area contributed by atoms with Crippen LogP contribution in [0, 0.1) is 0 Å². The van der Waals surface area contributed by atoms with E-state index in [1.165, 1.54) is 0 Å². The summed E-state index contributed by atoms with van der Waals surface area (Å²) in [6.07, 6.45) is 2.67. The summed E-state index contributed by atoms with van der Waals surface area (Å²) in [6, 6.07) is 0. The lowest BCUT2D eigenvalue weighted by Gasteiger charge is -2.49. The molecule has 1 aromatic heterocycles. The van der Waals surface area contributed by atoms with E-state index in [1.54, 1.807) is 0 Å². The number of hydrogen-bond acceptors (Lipinski definition) is 4. The molecule has 0 atom stereocenters. The second-order valence-electron chi connectivity index (χ2n) is 5.39. The summed E-state index contributed by atoms with van der Waals surface area (Å²) in [5.41, 5.74) is 5.96. The van der Waals surface area contributed by atoms with E-state index in [0.717, 1.165) is 38.5 Å². The van der Waals surface area contributed by atoms with Crippen molar-refractivity contribution in [2.45, 2.75) is 55.9 Å². The first-order valence-corrected chi connectivity index (χ1v) is 5.94. The van der Waals surface area contributed by atoms with Crippen molar-refractivity contribution >= 4 is 0 Å². The van der Waals surface area contributed by atoms with Crippen LogP contribution < -0.4 is 5.73 Å². The van der Waals surface area contributed by atoms with Gasteiger partial charge in [-0.1, -0.05) is 0 Å². The molecule has 6 heteroatoms. The molecule has 3 aliphatic rings. The molecule has 3 fully saturated rings. The average Bonchev–Trinajstić information content (AvgIpc) is 2.80. The molecule has 94 valence electrons.